The lowest BCUT2D eigenvalue weighted by molar-refractivity contribution is 0.281. The van der Waals surface area contributed by atoms with Gasteiger partial charge in [0.1, 0.15) is 5.75 Å². The van der Waals surface area contributed by atoms with Gasteiger partial charge in [0.15, 0.2) is 9.04 Å². The molecule has 1 aromatic carbocycles. The van der Waals surface area contributed by atoms with Gasteiger partial charge in [0.25, 0.3) is 0 Å². The summed E-state index contributed by atoms with van der Waals surface area (Å²) >= 11 is 0. The second kappa shape index (κ2) is 8.53. The Morgan fingerprint density at radius 1 is 1.00 bits per heavy atom. The highest BCUT2D eigenvalue weighted by molar-refractivity contribution is 6.55. The molecule has 0 unspecified atom stereocenters. The lowest BCUT2D eigenvalue weighted by atomic mass is 9.99. The van der Waals surface area contributed by atoms with E-state index in [0.29, 0.717) is 5.92 Å². The molecule has 2 aliphatic rings. The van der Waals surface area contributed by atoms with Gasteiger partial charge in [-0.1, -0.05) is 83.4 Å². The third-order valence-corrected chi connectivity index (χ3v) is 9.86. The Kier molecular flexibility index (Phi) is 6.40. The summed E-state index contributed by atoms with van der Waals surface area (Å²) in [6.45, 7) is 5.22. The highest BCUT2D eigenvalue weighted by Gasteiger charge is 2.36. The number of hydrogen-bond donors (Lipinski definition) is 0. The molecule has 2 saturated carbocycles. The fourth-order valence-electron chi connectivity index (χ4n) is 4.84. The number of rotatable bonds is 7. The monoisotopic (exact) mass is 346 g/mol. The minimum atomic E-state index is -1.14. The molecule has 2 fully saturated rings. The van der Waals surface area contributed by atoms with Crippen LogP contribution < -0.4 is 4.74 Å². The summed E-state index contributed by atoms with van der Waals surface area (Å²) in [4.78, 5) is 0. The predicted molar refractivity (Wildman–Crippen MR) is 103 cm³/mol. The average molecular weight is 347 g/mol. The molecule has 0 amide bonds. The fraction of sp³-hybridized carbons (Fsp3) is 0.714. The van der Waals surface area contributed by atoms with Crippen LogP contribution in [0.5, 0.6) is 5.75 Å². The lowest BCUT2D eigenvalue weighted by Gasteiger charge is -2.28. The van der Waals surface area contributed by atoms with Crippen LogP contribution in [0.15, 0.2) is 18.2 Å². The lowest BCUT2D eigenvalue weighted by Crippen LogP contribution is -2.28. The van der Waals surface area contributed by atoms with E-state index in [0.717, 1.165) is 23.4 Å². The van der Waals surface area contributed by atoms with Gasteiger partial charge >= 0.3 is 0 Å². The molecule has 0 aliphatic heterocycles. The van der Waals surface area contributed by atoms with E-state index in [1.54, 1.807) is 7.11 Å². The van der Waals surface area contributed by atoms with Crippen molar-refractivity contribution in [1.29, 1.82) is 0 Å². The van der Waals surface area contributed by atoms with Gasteiger partial charge in [0, 0.05) is 5.56 Å². The Morgan fingerprint density at radius 2 is 1.58 bits per heavy atom. The molecular weight excluding hydrogens is 312 g/mol. The van der Waals surface area contributed by atoms with Crippen molar-refractivity contribution >= 4 is 9.04 Å². The van der Waals surface area contributed by atoms with Crippen molar-refractivity contribution in [1.82, 2.24) is 0 Å². The SMILES string of the molecule is COc1c(CO[SiH](C2CCCC2)C2CCCC2)cccc1C(C)C. The molecule has 0 bridgehead atoms. The zero-order chi connectivity index (χ0) is 16.9. The van der Waals surface area contributed by atoms with Crippen LogP contribution in [0.1, 0.15) is 82.3 Å². The first-order chi connectivity index (χ1) is 11.7. The third kappa shape index (κ3) is 4.05. The minimum absolute atomic E-state index is 0.484. The van der Waals surface area contributed by atoms with Gasteiger partial charge < -0.3 is 9.16 Å². The maximum absolute atomic E-state index is 6.73. The van der Waals surface area contributed by atoms with Gasteiger partial charge in [-0.15, -0.1) is 0 Å². The van der Waals surface area contributed by atoms with Crippen molar-refractivity contribution in [2.45, 2.75) is 88.8 Å². The predicted octanol–water partition coefficient (Wildman–Crippen LogP) is 5.95. The van der Waals surface area contributed by atoms with E-state index in [-0.39, 0.29) is 0 Å². The second-order valence-corrected chi connectivity index (χ2v) is 11.2. The van der Waals surface area contributed by atoms with Crippen LogP contribution in [0.2, 0.25) is 11.1 Å². The summed E-state index contributed by atoms with van der Waals surface area (Å²) in [6, 6.07) is 6.55. The summed E-state index contributed by atoms with van der Waals surface area (Å²) in [6.07, 6.45) is 11.4. The van der Waals surface area contributed by atoms with Crippen molar-refractivity contribution in [3.63, 3.8) is 0 Å². The molecule has 3 rings (SSSR count). The Morgan fingerprint density at radius 3 is 2.08 bits per heavy atom. The van der Waals surface area contributed by atoms with E-state index in [1.165, 1.54) is 62.5 Å². The second-order valence-electron chi connectivity index (χ2n) is 8.06. The van der Waals surface area contributed by atoms with Crippen molar-refractivity contribution < 1.29 is 9.16 Å². The van der Waals surface area contributed by atoms with Crippen LogP contribution in [0.4, 0.5) is 0 Å². The zero-order valence-electron chi connectivity index (χ0n) is 15.7. The van der Waals surface area contributed by atoms with E-state index in [4.69, 9.17) is 9.16 Å². The Labute approximate surface area is 149 Å². The van der Waals surface area contributed by atoms with Crippen LogP contribution in [0.25, 0.3) is 0 Å². The van der Waals surface area contributed by atoms with Gasteiger partial charge in [-0.3, -0.25) is 0 Å². The molecule has 0 aromatic heterocycles. The summed E-state index contributed by atoms with van der Waals surface area (Å²) in [5, 5.41) is 0. The van der Waals surface area contributed by atoms with Crippen molar-refractivity contribution in [3.8, 4) is 5.75 Å². The first-order valence-electron chi connectivity index (χ1n) is 9.98. The maximum Gasteiger partial charge on any atom is 0.183 e. The molecule has 134 valence electrons. The van der Waals surface area contributed by atoms with Crippen LogP contribution in [-0.2, 0) is 11.0 Å². The standard InChI is InChI=1S/C21H34O2Si/c1-16(2)20-14-8-9-17(21(20)22-3)15-23-24(18-10-4-5-11-18)19-12-6-7-13-19/h8-9,14,16,18-19,24H,4-7,10-13,15H2,1-3H3. The smallest absolute Gasteiger partial charge is 0.183 e. The van der Waals surface area contributed by atoms with Gasteiger partial charge in [0.2, 0.25) is 0 Å². The van der Waals surface area contributed by atoms with E-state index in [2.05, 4.69) is 32.0 Å². The number of benzene rings is 1. The van der Waals surface area contributed by atoms with Gasteiger partial charge in [0.05, 0.1) is 13.7 Å². The van der Waals surface area contributed by atoms with E-state index < -0.39 is 9.04 Å². The largest absolute Gasteiger partial charge is 0.496 e. The van der Waals surface area contributed by atoms with Crippen molar-refractivity contribution in [2.24, 2.45) is 0 Å². The van der Waals surface area contributed by atoms with Gasteiger partial charge in [-0.05, 0) is 22.6 Å². The number of hydrogen-bond acceptors (Lipinski definition) is 2. The first-order valence-corrected chi connectivity index (χ1v) is 11.8. The fourth-order valence-corrected chi connectivity index (χ4v) is 8.78. The average Bonchev–Trinajstić information content (AvgIpc) is 3.28. The number of ether oxygens (including phenoxy) is 1. The normalized spacial score (nSPS) is 19.7. The molecule has 0 atom stereocenters. The van der Waals surface area contributed by atoms with Crippen LogP contribution in [0, 0.1) is 0 Å². The molecule has 0 heterocycles. The van der Waals surface area contributed by atoms with E-state index in [9.17, 15) is 0 Å². The molecule has 0 radical (unpaired) electrons. The Bertz CT molecular complexity index is 501. The first kappa shape index (κ1) is 18.0. The maximum atomic E-state index is 6.73. The quantitative estimate of drug-likeness (QED) is 0.568. The van der Waals surface area contributed by atoms with Crippen molar-refractivity contribution in [3.05, 3.63) is 29.3 Å². The topological polar surface area (TPSA) is 18.5 Å². The summed E-state index contributed by atoms with van der Waals surface area (Å²) < 4.78 is 12.5. The van der Waals surface area contributed by atoms with Crippen LogP contribution >= 0.6 is 0 Å². The zero-order valence-corrected chi connectivity index (χ0v) is 16.9. The van der Waals surface area contributed by atoms with Gasteiger partial charge in [-0.2, -0.15) is 0 Å². The van der Waals surface area contributed by atoms with Crippen LogP contribution in [-0.4, -0.2) is 16.2 Å². The highest BCUT2D eigenvalue weighted by atomic mass is 28.3. The Balaban J connectivity index is 1.73. The summed E-state index contributed by atoms with van der Waals surface area (Å²) in [5.74, 6) is 1.54. The van der Waals surface area contributed by atoms with Crippen LogP contribution in [0.3, 0.4) is 0 Å². The molecule has 1 aromatic rings. The summed E-state index contributed by atoms with van der Waals surface area (Å²) in [7, 11) is 0.663. The number of para-hydroxylation sites is 1. The van der Waals surface area contributed by atoms with E-state index in [1.807, 2.05) is 0 Å². The molecular formula is C21H34O2Si. The molecule has 0 saturated heterocycles. The highest BCUT2D eigenvalue weighted by Crippen LogP contribution is 2.44. The molecule has 3 heteroatoms. The van der Waals surface area contributed by atoms with Gasteiger partial charge in [-0.25, -0.2) is 0 Å². The molecule has 0 spiro atoms. The Hall–Kier alpha value is -0.803. The van der Waals surface area contributed by atoms with E-state index >= 15 is 0 Å². The molecule has 24 heavy (non-hydrogen) atoms. The summed E-state index contributed by atoms with van der Waals surface area (Å²) in [5.41, 5.74) is 4.40. The minimum Gasteiger partial charge on any atom is -0.496 e. The third-order valence-electron chi connectivity index (χ3n) is 6.11. The van der Waals surface area contributed by atoms with Crippen molar-refractivity contribution in [2.75, 3.05) is 7.11 Å². The molecule has 2 aliphatic carbocycles. The molecule has 0 N–H and O–H groups in total. The number of methoxy groups -OCH3 is 1. The molecule has 2 nitrogen and oxygen atoms in total.